The fraction of sp³-hybridized carbons (Fsp3) is 0.400. The highest BCUT2D eigenvalue weighted by Gasteiger charge is 2.40. The molecule has 0 saturated carbocycles. The summed E-state index contributed by atoms with van der Waals surface area (Å²) in [5.74, 6) is 0.0937. The van der Waals surface area contributed by atoms with Crippen molar-refractivity contribution in [3.8, 4) is 5.75 Å². The Hall–Kier alpha value is -5.19. The lowest BCUT2D eigenvalue weighted by atomic mass is 9.69. The van der Waals surface area contributed by atoms with Crippen molar-refractivity contribution >= 4 is 29.1 Å². The van der Waals surface area contributed by atoms with Crippen molar-refractivity contribution in [1.29, 1.82) is 0 Å². The summed E-state index contributed by atoms with van der Waals surface area (Å²) in [6.45, 7) is 6.07. The minimum absolute atomic E-state index is 0.161. The van der Waals surface area contributed by atoms with Crippen LogP contribution in [0.2, 0.25) is 0 Å². The minimum atomic E-state index is -0.752. The Morgan fingerprint density at radius 1 is 0.709 bits per heavy atom. The summed E-state index contributed by atoms with van der Waals surface area (Å²) >= 11 is 0. The van der Waals surface area contributed by atoms with Crippen molar-refractivity contribution in [2.45, 2.75) is 68.5 Å². The van der Waals surface area contributed by atoms with Gasteiger partial charge in [-0.05, 0) is 108 Å². The number of amides is 3. The molecule has 0 spiro atoms. The van der Waals surface area contributed by atoms with Gasteiger partial charge in [0.15, 0.2) is 0 Å². The summed E-state index contributed by atoms with van der Waals surface area (Å²) in [6, 6.07) is 31.1. The summed E-state index contributed by atoms with van der Waals surface area (Å²) in [5.41, 5.74) is 8.24. The Kier molecular flexibility index (Phi) is 9.34. The number of phenols is 1. The van der Waals surface area contributed by atoms with Gasteiger partial charge in [-0.15, -0.1) is 0 Å². The van der Waals surface area contributed by atoms with Gasteiger partial charge < -0.3 is 24.9 Å². The van der Waals surface area contributed by atoms with Gasteiger partial charge in [-0.1, -0.05) is 48.5 Å². The average Bonchev–Trinajstić information content (AvgIpc) is 3.53. The van der Waals surface area contributed by atoms with Crippen LogP contribution in [0.5, 0.6) is 5.75 Å². The van der Waals surface area contributed by atoms with E-state index < -0.39 is 17.6 Å². The molecule has 4 aromatic rings. The van der Waals surface area contributed by atoms with Crippen LogP contribution in [0.15, 0.2) is 91.0 Å². The Labute approximate surface area is 322 Å². The molecular formula is C45H49N5O5. The van der Waals surface area contributed by atoms with Crippen LogP contribution in [0.3, 0.4) is 0 Å². The predicted octanol–water partition coefficient (Wildman–Crippen LogP) is 5.17. The van der Waals surface area contributed by atoms with Crippen LogP contribution in [0.1, 0.15) is 82.1 Å². The maximum Gasteiger partial charge on any atom is 0.255 e. The molecule has 0 bridgehead atoms. The van der Waals surface area contributed by atoms with E-state index in [0.29, 0.717) is 49.6 Å². The van der Waals surface area contributed by atoms with Crippen LogP contribution in [0.25, 0.3) is 0 Å². The maximum atomic E-state index is 13.2. The van der Waals surface area contributed by atoms with Crippen LogP contribution in [0.4, 0.5) is 11.4 Å². The van der Waals surface area contributed by atoms with Crippen LogP contribution in [0, 0.1) is 0 Å². The number of aliphatic hydroxyl groups is 1. The molecule has 3 fully saturated rings. The van der Waals surface area contributed by atoms with Crippen LogP contribution in [-0.2, 0) is 22.6 Å². The number of piperazine rings is 1. The maximum absolute atomic E-state index is 13.2. The molecule has 3 atom stereocenters. The highest BCUT2D eigenvalue weighted by Crippen LogP contribution is 2.47. The highest BCUT2D eigenvalue weighted by molar-refractivity contribution is 6.05. The molecule has 3 amide bonds. The van der Waals surface area contributed by atoms with Gasteiger partial charge >= 0.3 is 0 Å². The molecule has 10 heteroatoms. The molecule has 284 valence electrons. The number of aromatic hydroxyl groups is 1. The number of hydrogen-bond donors (Lipinski definition) is 3. The number of nitrogens with zero attached hydrogens (tertiary/aromatic N) is 4. The lowest BCUT2D eigenvalue weighted by Gasteiger charge is -2.44. The smallest absolute Gasteiger partial charge is 0.255 e. The summed E-state index contributed by atoms with van der Waals surface area (Å²) in [5, 5.41) is 24.3. The molecule has 0 aromatic heterocycles. The van der Waals surface area contributed by atoms with E-state index >= 15 is 0 Å². The molecule has 4 aliphatic heterocycles. The number of anilines is 2. The first-order valence-electron chi connectivity index (χ1n) is 19.9. The number of hydrogen-bond acceptors (Lipinski definition) is 8. The molecule has 10 nitrogen and oxygen atoms in total. The van der Waals surface area contributed by atoms with Gasteiger partial charge in [0.2, 0.25) is 11.8 Å². The first kappa shape index (κ1) is 35.5. The number of imide groups is 1. The van der Waals surface area contributed by atoms with Gasteiger partial charge in [-0.2, -0.15) is 0 Å². The van der Waals surface area contributed by atoms with Crippen molar-refractivity contribution < 1.29 is 24.6 Å². The second-order valence-corrected chi connectivity index (χ2v) is 16.2. The number of benzene rings is 4. The van der Waals surface area contributed by atoms with Crippen molar-refractivity contribution in [1.82, 2.24) is 15.1 Å². The zero-order chi connectivity index (χ0) is 37.7. The van der Waals surface area contributed by atoms with Crippen molar-refractivity contribution in [3.63, 3.8) is 0 Å². The number of fused-ring (bicyclic) bond motifs is 2. The number of phenolic OH excluding ortho intramolecular Hbond substituents is 1. The van der Waals surface area contributed by atoms with Crippen molar-refractivity contribution in [2.24, 2.45) is 0 Å². The zero-order valence-corrected chi connectivity index (χ0v) is 31.2. The molecule has 1 aliphatic carbocycles. The van der Waals surface area contributed by atoms with E-state index in [4.69, 9.17) is 0 Å². The number of carbonyl (C=O) groups is 3. The highest BCUT2D eigenvalue weighted by atomic mass is 16.3. The number of aryl methyl sites for hydroxylation is 1. The van der Waals surface area contributed by atoms with E-state index in [1.165, 1.54) is 27.9 Å². The third-order valence-electron chi connectivity index (χ3n) is 12.9. The Morgan fingerprint density at radius 2 is 1.44 bits per heavy atom. The zero-order valence-electron chi connectivity index (χ0n) is 31.2. The third kappa shape index (κ3) is 6.98. The number of carbonyl (C=O) groups excluding carboxylic acids is 3. The van der Waals surface area contributed by atoms with Crippen molar-refractivity contribution in [2.75, 3.05) is 55.6 Å². The molecule has 4 heterocycles. The van der Waals surface area contributed by atoms with Crippen LogP contribution in [-0.4, -0.2) is 95.2 Å². The van der Waals surface area contributed by atoms with Crippen molar-refractivity contribution in [3.05, 3.63) is 124 Å². The first-order valence-corrected chi connectivity index (χ1v) is 19.9. The van der Waals surface area contributed by atoms with E-state index in [1.54, 1.807) is 4.90 Å². The van der Waals surface area contributed by atoms with Gasteiger partial charge in [-0.3, -0.25) is 24.6 Å². The lowest BCUT2D eigenvalue weighted by molar-refractivity contribution is -0.136. The monoisotopic (exact) mass is 739 g/mol. The van der Waals surface area contributed by atoms with E-state index in [9.17, 15) is 24.6 Å². The molecule has 0 radical (unpaired) electrons. The van der Waals surface area contributed by atoms with Gasteiger partial charge in [0.05, 0.1) is 5.60 Å². The summed E-state index contributed by atoms with van der Waals surface area (Å²) in [7, 11) is 0. The van der Waals surface area contributed by atoms with Gasteiger partial charge in [0.1, 0.15) is 11.8 Å². The molecule has 9 rings (SSSR count). The molecule has 3 N–H and O–H groups in total. The summed E-state index contributed by atoms with van der Waals surface area (Å²) in [6.07, 6.45) is 3.93. The van der Waals surface area contributed by atoms with E-state index in [1.807, 2.05) is 24.3 Å². The second-order valence-electron chi connectivity index (χ2n) is 16.2. The SMILES string of the molecule is O=C1CCC(N2Cc3cc(N4CCC(O)(CN5CCN(c6ccc([C@@H]7c8ccc(O)cc8CC[C@@H]7c7ccccc7)cc6)CC5)CC4)ccc3C2=O)C(=O)N1. The number of nitrogens with one attached hydrogen (secondary N) is 1. The first-order chi connectivity index (χ1) is 26.7. The van der Waals surface area contributed by atoms with E-state index in [-0.39, 0.29) is 24.2 Å². The lowest BCUT2D eigenvalue weighted by Crippen LogP contribution is -2.55. The molecular weight excluding hydrogens is 691 g/mol. The molecule has 55 heavy (non-hydrogen) atoms. The molecule has 1 unspecified atom stereocenters. The normalized spacial score (nSPS) is 24.1. The van der Waals surface area contributed by atoms with Crippen LogP contribution >= 0.6 is 0 Å². The number of β-amino-alcohol motifs (C(OH)–C–C–N with tert-alkyl or cyclic N) is 1. The third-order valence-corrected chi connectivity index (χ3v) is 12.9. The van der Waals surface area contributed by atoms with Gasteiger partial charge in [0.25, 0.3) is 5.91 Å². The summed E-state index contributed by atoms with van der Waals surface area (Å²) < 4.78 is 0. The van der Waals surface area contributed by atoms with E-state index in [2.05, 4.69) is 86.7 Å². The fourth-order valence-corrected chi connectivity index (χ4v) is 9.85. The number of rotatable bonds is 7. The Morgan fingerprint density at radius 3 is 2.18 bits per heavy atom. The average molecular weight is 740 g/mol. The number of piperidine rings is 2. The minimum Gasteiger partial charge on any atom is -0.508 e. The molecule has 4 aromatic carbocycles. The fourth-order valence-electron chi connectivity index (χ4n) is 9.85. The Balaban J connectivity index is 0.795. The van der Waals surface area contributed by atoms with Gasteiger partial charge in [0, 0.05) is 81.6 Å². The predicted molar refractivity (Wildman–Crippen MR) is 211 cm³/mol. The molecule has 5 aliphatic rings. The van der Waals surface area contributed by atoms with Gasteiger partial charge in [-0.25, -0.2) is 0 Å². The topological polar surface area (TPSA) is 117 Å². The Bertz CT molecular complexity index is 2090. The van der Waals surface area contributed by atoms with E-state index in [0.717, 1.165) is 63.4 Å². The largest absolute Gasteiger partial charge is 0.508 e. The second kappa shape index (κ2) is 14.5. The standard InChI is InChI=1S/C45H49N5O5/c51-36-12-15-38-32(27-36)8-13-37(30-4-2-1-3-5-30)42(38)31-6-9-34(10-7-31)49-24-22-47(23-25-49)29-45(55)18-20-48(21-19-45)35-11-14-39-33(26-35)28-50(44(39)54)40-16-17-41(52)46-43(40)53/h1-7,9-12,14-15,26-27,37,40,42,51,55H,8,13,16-25,28-29H2,(H,46,52,53)/t37-,40?,42+/m1/s1. The van der Waals surface area contributed by atoms with Crippen LogP contribution < -0.4 is 15.1 Å². The quantitative estimate of drug-likeness (QED) is 0.223. The summed E-state index contributed by atoms with van der Waals surface area (Å²) in [4.78, 5) is 46.0. The molecule has 3 saturated heterocycles.